The van der Waals surface area contributed by atoms with Gasteiger partial charge in [-0.05, 0) is 43.0 Å². The maximum Gasteiger partial charge on any atom is 0.416 e. The van der Waals surface area contributed by atoms with Crippen molar-refractivity contribution in [3.05, 3.63) is 41.3 Å². The van der Waals surface area contributed by atoms with E-state index in [-0.39, 0.29) is 0 Å². The largest absolute Gasteiger partial charge is 0.416 e. The number of halogens is 3. The quantitative estimate of drug-likeness (QED) is 0.568. The third-order valence-corrected chi connectivity index (χ3v) is 4.56. The van der Waals surface area contributed by atoms with Gasteiger partial charge in [-0.1, -0.05) is 6.07 Å². The highest BCUT2D eigenvalue weighted by Crippen LogP contribution is 2.34. The zero-order valence-electron chi connectivity index (χ0n) is 13.1. The summed E-state index contributed by atoms with van der Waals surface area (Å²) in [6, 6.07) is 7.57. The molecule has 3 nitrogen and oxygen atoms in total. The molecule has 1 aromatic carbocycles. The Morgan fingerprint density at radius 1 is 1.25 bits per heavy atom. The first-order chi connectivity index (χ1) is 11.5. The van der Waals surface area contributed by atoms with Crippen LogP contribution in [-0.4, -0.2) is 22.8 Å². The third kappa shape index (κ3) is 3.47. The van der Waals surface area contributed by atoms with Gasteiger partial charge in [0.15, 0.2) is 5.82 Å². The van der Waals surface area contributed by atoms with E-state index >= 15 is 0 Å². The van der Waals surface area contributed by atoms with Crippen molar-refractivity contribution in [2.24, 2.45) is 0 Å². The monoisotopic (exact) mass is 354 g/mol. The van der Waals surface area contributed by atoms with Crippen molar-refractivity contribution in [2.75, 3.05) is 13.2 Å². The molecule has 7 heteroatoms. The molecule has 0 saturated heterocycles. The highest BCUT2D eigenvalue weighted by molar-refractivity contribution is 7.13. The predicted molar refractivity (Wildman–Crippen MR) is 89.2 cm³/mol. The molecule has 0 bridgehead atoms. The molecule has 2 heterocycles. The van der Waals surface area contributed by atoms with Gasteiger partial charge in [-0.25, -0.2) is 4.98 Å². The Kier molecular flexibility index (Phi) is 4.91. The smallest absolute Gasteiger partial charge is 0.382 e. The number of hydrogen-bond donors (Lipinski definition) is 0. The van der Waals surface area contributed by atoms with E-state index in [1.807, 2.05) is 29.0 Å². The minimum Gasteiger partial charge on any atom is -0.382 e. The highest BCUT2D eigenvalue weighted by atomic mass is 32.1. The summed E-state index contributed by atoms with van der Waals surface area (Å²) in [5.74, 6) is 0.704. The standard InChI is InChI=1S/C17H17F3N2OS/c1-2-23-9-4-8-22-14-7-6-12(17(18,19)20)11-13(14)21-16(22)15-5-3-10-24-15/h3,5-7,10-11H,2,4,8-9H2,1H3. The Morgan fingerprint density at radius 2 is 2.08 bits per heavy atom. The second-order valence-corrected chi connectivity index (χ2v) is 6.26. The molecule has 3 rings (SSSR count). The van der Waals surface area contributed by atoms with Gasteiger partial charge in [0, 0.05) is 19.8 Å². The molecule has 0 radical (unpaired) electrons. The van der Waals surface area contributed by atoms with E-state index in [0.717, 1.165) is 23.4 Å². The molecule has 0 atom stereocenters. The number of benzene rings is 1. The summed E-state index contributed by atoms with van der Waals surface area (Å²) < 4.78 is 46.1. The van der Waals surface area contributed by atoms with E-state index in [2.05, 4.69) is 4.98 Å². The molecule has 0 spiro atoms. The Morgan fingerprint density at radius 3 is 2.75 bits per heavy atom. The van der Waals surface area contributed by atoms with Gasteiger partial charge < -0.3 is 9.30 Å². The lowest BCUT2D eigenvalue weighted by Gasteiger charge is -2.09. The topological polar surface area (TPSA) is 27.1 Å². The van der Waals surface area contributed by atoms with E-state index in [1.165, 1.54) is 17.4 Å². The fraction of sp³-hybridized carbons (Fsp3) is 0.353. The normalized spacial score (nSPS) is 12.2. The molecular weight excluding hydrogens is 337 g/mol. The van der Waals surface area contributed by atoms with Crippen molar-refractivity contribution in [1.29, 1.82) is 0 Å². The van der Waals surface area contributed by atoms with Crippen LogP contribution in [0.1, 0.15) is 18.9 Å². The molecular formula is C17H17F3N2OS. The number of ether oxygens (including phenoxy) is 1. The fourth-order valence-corrected chi connectivity index (χ4v) is 3.32. The number of hydrogen-bond acceptors (Lipinski definition) is 3. The number of nitrogens with zero attached hydrogens (tertiary/aromatic N) is 2. The summed E-state index contributed by atoms with van der Waals surface area (Å²) in [5.41, 5.74) is 0.402. The van der Waals surface area contributed by atoms with Crippen molar-refractivity contribution < 1.29 is 17.9 Å². The lowest BCUT2D eigenvalue weighted by atomic mass is 10.2. The van der Waals surface area contributed by atoms with Crippen molar-refractivity contribution >= 4 is 22.4 Å². The number of fused-ring (bicyclic) bond motifs is 1. The summed E-state index contributed by atoms with van der Waals surface area (Å²) in [4.78, 5) is 5.40. The van der Waals surface area contributed by atoms with Gasteiger partial charge >= 0.3 is 6.18 Å². The van der Waals surface area contributed by atoms with Crippen LogP contribution in [0.4, 0.5) is 13.2 Å². The lowest BCUT2D eigenvalue weighted by molar-refractivity contribution is -0.137. The number of rotatable bonds is 6. The number of imidazole rings is 1. The van der Waals surface area contributed by atoms with Gasteiger partial charge in [-0.2, -0.15) is 13.2 Å². The van der Waals surface area contributed by atoms with E-state index in [0.29, 0.717) is 36.6 Å². The van der Waals surface area contributed by atoms with Gasteiger partial charge in [-0.15, -0.1) is 11.3 Å². The number of aryl methyl sites for hydroxylation is 1. The Balaban J connectivity index is 2.03. The van der Waals surface area contributed by atoms with Crippen molar-refractivity contribution in [1.82, 2.24) is 9.55 Å². The molecule has 0 aliphatic heterocycles. The van der Waals surface area contributed by atoms with Gasteiger partial charge in [0.2, 0.25) is 0 Å². The summed E-state index contributed by atoms with van der Waals surface area (Å²) in [6.07, 6.45) is -3.59. The molecule has 0 N–H and O–H groups in total. The molecule has 0 unspecified atom stereocenters. The molecule has 0 aliphatic carbocycles. The highest BCUT2D eigenvalue weighted by Gasteiger charge is 2.31. The lowest BCUT2D eigenvalue weighted by Crippen LogP contribution is -2.05. The van der Waals surface area contributed by atoms with Crippen LogP contribution < -0.4 is 0 Å². The summed E-state index contributed by atoms with van der Waals surface area (Å²) in [5, 5.41) is 1.93. The number of thiophene rings is 1. The van der Waals surface area contributed by atoms with Gasteiger partial charge in [0.1, 0.15) is 0 Å². The van der Waals surface area contributed by atoms with Crippen molar-refractivity contribution in [2.45, 2.75) is 26.1 Å². The molecule has 3 aromatic rings. The van der Waals surface area contributed by atoms with Crippen LogP contribution in [0.3, 0.4) is 0 Å². The van der Waals surface area contributed by atoms with Crippen molar-refractivity contribution in [3.63, 3.8) is 0 Å². The fourth-order valence-electron chi connectivity index (χ4n) is 2.60. The second kappa shape index (κ2) is 6.94. The Bertz CT molecular complexity index is 809. The molecule has 128 valence electrons. The molecule has 2 aromatic heterocycles. The SMILES string of the molecule is CCOCCCn1c(-c2cccs2)nc2cc(C(F)(F)F)ccc21. The maximum absolute atomic E-state index is 12.9. The van der Waals surface area contributed by atoms with E-state index < -0.39 is 11.7 Å². The van der Waals surface area contributed by atoms with Gasteiger partial charge in [0.05, 0.1) is 21.5 Å². The molecule has 0 fully saturated rings. The molecule has 24 heavy (non-hydrogen) atoms. The molecule has 0 aliphatic rings. The maximum atomic E-state index is 12.9. The minimum absolute atomic E-state index is 0.365. The average molecular weight is 354 g/mol. The van der Waals surface area contributed by atoms with Crippen LogP contribution in [0.15, 0.2) is 35.7 Å². The zero-order valence-corrected chi connectivity index (χ0v) is 14.0. The Labute approximate surface area is 141 Å². The van der Waals surface area contributed by atoms with Crippen LogP contribution in [0.2, 0.25) is 0 Å². The van der Waals surface area contributed by atoms with Gasteiger partial charge in [-0.3, -0.25) is 0 Å². The number of aromatic nitrogens is 2. The summed E-state index contributed by atoms with van der Waals surface area (Å²) >= 11 is 1.52. The van der Waals surface area contributed by atoms with Crippen LogP contribution in [0, 0.1) is 0 Å². The Hall–Kier alpha value is -1.86. The van der Waals surface area contributed by atoms with Crippen LogP contribution >= 0.6 is 11.3 Å². The summed E-state index contributed by atoms with van der Waals surface area (Å²) in [6.45, 7) is 3.84. The second-order valence-electron chi connectivity index (χ2n) is 5.32. The predicted octanol–water partition coefficient (Wildman–Crippen LogP) is 5.21. The first-order valence-corrected chi connectivity index (χ1v) is 8.57. The first-order valence-electron chi connectivity index (χ1n) is 7.70. The summed E-state index contributed by atoms with van der Waals surface area (Å²) in [7, 11) is 0. The average Bonchev–Trinajstić information content (AvgIpc) is 3.17. The third-order valence-electron chi connectivity index (χ3n) is 3.69. The van der Waals surface area contributed by atoms with Gasteiger partial charge in [0.25, 0.3) is 0 Å². The van der Waals surface area contributed by atoms with E-state index in [4.69, 9.17) is 4.74 Å². The molecule has 0 saturated carbocycles. The zero-order chi connectivity index (χ0) is 17.2. The van der Waals surface area contributed by atoms with E-state index in [9.17, 15) is 13.2 Å². The van der Waals surface area contributed by atoms with Crippen LogP contribution in [0.25, 0.3) is 21.7 Å². The first kappa shape index (κ1) is 17.0. The van der Waals surface area contributed by atoms with E-state index in [1.54, 1.807) is 0 Å². The van der Waals surface area contributed by atoms with Crippen LogP contribution in [-0.2, 0) is 17.5 Å². The van der Waals surface area contributed by atoms with Crippen LogP contribution in [0.5, 0.6) is 0 Å². The minimum atomic E-state index is -4.37. The number of alkyl halides is 3. The van der Waals surface area contributed by atoms with Crippen molar-refractivity contribution in [3.8, 4) is 10.7 Å². The molecule has 0 amide bonds.